The Morgan fingerprint density at radius 3 is 2.31 bits per heavy atom. The number of nitrogens with zero attached hydrogens (tertiary/aromatic N) is 1. The molecule has 1 aromatic carbocycles. The molecule has 0 spiro atoms. The molecule has 1 aliphatic heterocycles. The Balaban J connectivity index is 2.04. The summed E-state index contributed by atoms with van der Waals surface area (Å²) in [5.41, 5.74) is 1.37. The fourth-order valence-corrected chi connectivity index (χ4v) is 3.38. The molecule has 0 amide bonds. The van der Waals surface area contributed by atoms with Crippen molar-refractivity contribution in [1.29, 1.82) is 0 Å². The van der Waals surface area contributed by atoms with Crippen molar-refractivity contribution >= 4 is 31.9 Å². The highest BCUT2D eigenvalue weighted by Crippen LogP contribution is 2.28. The molecule has 2 rings (SSSR count). The van der Waals surface area contributed by atoms with E-state index in [9.17, 15) is 0 Å². The summed E-state index contributed by atoms with van der Waals surface area (Å²) in [6.07, 6.45) is 2.67. The third-order valence-corrected chi connectivity index (χ3v) is 4.81. The Kier molecular flexibility index (Phi) is 4.45. The van der Waals surface area contributed by atoms with Crippen LogP contribution in [-0.4, -0.2) is 18.0 Å². The number of rotatable bonds is 2. The monoisotopic (exact) mass is 345 g/mol. The van der Waals surface area contributed by atoms with E-state index < -0.39 is 0 Å². The molecule has 1 saturated heterocycles. The van der Waals surface area contributed by atoms with Gasteiger partial charge >= 0.3 is 0 Å². The maximum Gasteiger partial charge on any atom is 0.0256 e. The molecule has 1 nitrogen and oxygen atoms in total. The third-order valence-electron chi connectivity index (χ3n) is 3.32. The van der Waals surface area contributed by atoms with Crippen LogP contribution in [0.1, 0.15) is 25.3 Å². The van der Waals surface area contributed by atoms with Gasteiger partial charge in [-0.3, -0.25) is 4.90 Å². The second-order valence-corrected chi connectivity index (χ2v) is 6.37. The third kappa shape index (κ3) is 3.08. The zero-order chi connectivity index (χ0) is 11.5. The van der Waals surface area contributed by atoms with Crippen molar-refractivity contribution in [1.82, 2.24) is 4.90 Å². The molecule has 0 aromatic heterocycles. The zero-order valence-corrected chi connectivity index (χ0v) is 12.7. The molecule has 88 valence electrons. The van der Waals surface area contributed by atoms with Crippen LogP contribution in [0.25, 0.3) is 0 Å². The van der Waals surface area contributed by atoms with Crippen molar-refractivity contribution in [2.75, 3.05) is 13.1 Å². The van der Waals surface area contributed by atoms with Gasteiger partial charge in [-0.15, -0.1) is 0 Å². The molecular weight excluding hydrogens is 330 g/mol. The average molecular weight is 347 g/mol. The van der Waals surface area contributed by atoms with E-state index in [2.05, 4.69) is 61.9 Å². The molecule has 0 saturated carbocycles. The number of halogens is 2. The minimum absolute atomic E-state index is 0.902. The fourth-order valence-electron chi connectivity index (χ4n) is 2.13. The van der Waals surface area contributed by atoms with Crippen LogP contribution >= 0.6 is 31.9 Å². The summed E-state index contributed by atoms with van der Waals surface area (Å²) >= 11 is 7.26. The van der Waals surface area contributed by atoms with Crippen molar-refractivity contribution in [3.8, 4) is 0 Å². The summed E-state index contributed by atoms with van der Waals surface area (Å²) < 4.78 is 2.42. The lowest BCUT2D eigenvalue weighted by molar-refractivity contribution is 0.184. The van der Waals surface area contributed by atoms with Crippen molar-refractivity contribution in [3.05, 3.63) is 32.7 Å². The SMILES string of the molecule is CC1CCN(Cc2c(Br)cccc2Br)CC1. The Hall–Kier alpha value is 0.140. The van der Waals surface area contributed by atoms with Gasteiger partial charge in [0.25, 0.3) is 0 Å². The molecule has 1 aromatic rings. The lowest BCUT2D eigenvalue weighted by atomic mass is 9.99. The summed E-state index contributed by atoms with van der Waals surface area (Å²) in [7, 11) is 0. The highest BCUT2D eigenvalue weighted by molar-refractivity contribution is 9.11. The Morgan fingerprint density at radius 1 is 1.19 bits per heavy atom. The Morgan fingerprint density at radius 2 is 1.75 bits per heavy atom. The minimum Gasteiger partial charge on any atom is -0.299 e. The molecule has 1 heterocycles. The van der Waals surface area contributed by atoms with Gasteiger partial charge in [0.05, 0.1) is 0 Å². The topological polar surface area (TPSA) is 3.24 Å². The standard InChI is InChI=1S/C13H17Br2N/c1-10-5-7-16(8-6-10)9-11-12(14)3-2-4-13(11)15/h2-4,10H,5-9H2,1H3. The first-order chi connectivity index (χ1) is 7.66. The molecule has 0 atom stereocenters. The van der Waals surface area contributed by atoms with Crippen LogP contribution in [0.5, 0.6) is 0 Å². The molecule has 0 radical (unpaired) electrons. The van der Waals surface area contributed by atoms with E-state index in [4.69, 9.17) is 0 Å². The maximum absolute atomic E-state index is 3.63. The van der Waals surface area contributed by atoms with Crippen LogP contribution < -0.4 is 0 Å². The van der Waals surface area contributed by atoms with Crippen LogP contribution in [0.2, 0.25) is 0 Å². The van der Waals surface area contributed by atoms with Gasteiger partial charge in [0.1, 0.15) is 0 Å². The average Bonchev–Trinajstić information content (AvgIpc) is 2.26. The van der Waals surface area contributed by atoms with Crippen LogP contribution in [0, 0.1) is 5.92 Å². The van der Waals surface area contributed by atoms with E-state index in [0.717, 1.165) is 12.5 Å². The minimum atomic E-state index is 0.902. The number of piperidine rings is 1. The van der Waals surface area contributed by atoms with E-state index >= 15 is 0 Å². The fraction of sp³-hybridized carbons (Fsp3) is 0.538. The van der Waals surface area contributed by atoms with Crippen LogP contribution in [0.3, 0.4) is 0 Å². The maximum atomic E-state index is 3.63. The molecule has 1 aliphatic rings. The van der Waals surface area contributed by atoms with Crippen molar-refractivity contribution in [2.45, 2.75) is 26.3 Å². The van der Waals surface area contributed by atoms with E-state index in [1.54, 1.807) is 0 Å². The number of benzene rings is 1. The lowest BCUT2D eigenvalue weighted by Crippen LogP contribution is -2.32. The quantitative estimate of drug-likeness (QED) is 0.765. The van der Waals surface area contributed by atoms with Gasteiger partial charge in [-0.25, -0.2) is 0 Å². The predicted octanol–water partition coefficient (Wildman–Crippen LogP) is 4.44. The second kappa shape index (κ2) is 5.65. The van der Waals surface area contributed by atoms with Gasteiger partial charge in [-0.1, -0.05) is 44.8 Å². The van der Waals surface area contributed by atoms with E-state index in [0.29, 0.717) is 0 Å². The molecule has 1 fully saturated rings. The summed E-state index contributed by atoms with van der Waals surface area (Å²) in [6, 6.07) is 6.30. The Labute approximate surface area is 114 Å². The summed E-state index contributed by atoms with van der Waals surface area (Å²) in [4.78, 5) is 2.55. The van der Waals surface area contributed by atoms with E-state index in [1.165, 1.54) is 40.4 Å². The normalized spacial score (nSPS) is 18.9. The van der Waals surface area contributed by atoms with Gasteiger partial charge in [-0.05, 0) is 49.5 Å². The number of likely N-dealkylation sites (tertiary alicyclic amines) is 1. The number of hydrogen-bond donors (Lipinski definition) is 0. The first kappa shape index (κ1) is 12.6. The van der Waals surface area contributed by atoms with Gasteiger partial charge in [-0.2, -0.15) is 0 Å². The first-order valence-corrected chi connectivity index (χ1v) is 7.40. The molecule has 16 heavy (non-hydrogen) atoms. The Bertz CT molecular complexity index is 337. The summed E-state index contributed by atoms with van der Waals surface area (Å²) in [5, 5.41) is 0. The van der Waals surface area contributed by atoms with Crippen molar-refractivity contribution in [3.63, 3.8) is 0 Å². The van der Waals surface area contributed by atoms with E-state index in [1.807, 2.05) is 0 Å². The highest BCUT2D eigenvalue weighted by atomic mass is 79.9. The molecule has 0 unspecified atom stereocenters. The van der Waals surface area contributed by atoms with Gasteiger partial charge in [0, 0.05) is 15.5 Å². The molecule has 0 aliphatic carbocycles. The van der Waals surface area contributed by atoms with Gasteiger partial charge < -0.3 is 0 Å². The van der Waals surface area contributed by atoms with Crippen LogP contribution in [0.15, 0.2) is 27.1 Å². The van der Waals surface area contributed by atoms with Gasteiger partial charge in [0.2, 0.25) is 0 Å². The summed E-state index contributed by atoms with van der Waals surface area (Å²) in [6.45, 7) is 5.87. The highest BCUT2D eigenvalue weighted by Gasteiger charge is 2.17. The molecule has 3 heteroatoms. The molecular formula is C13H17Br2N. The predicted molar refractivity (Wildman–Crippen MR) is 75.5 cm³/mol. The lowest BCUT2D eigenvalue weighted by Gasteiger charge is -2.30. The summed E-state index contributed by atoms with van der Waals surface area (Å²) in [5.74, 6) is 0.902. The van der Waals surface area contributed by atoms with Crippen LogP contribution in [0.4, 0.5) is 0 Å². The second-order valence-electron chi connectivity index (χ2n) is 4.66. The number of hydrogen-bond acceptors (Lipinski definition) is 1. The van der Waals surface area contributed by atoms with Gasteiger partial charge in [0.15, 0.2) is 0 Å². The molecule has 0 N–H and O–H groups in total. The van der Waals surface area contributed by atoms with Crippen molar-refractivity contribution < 1.29 is 0 Å². The van der Waals surface area contributed by atoms with E-state index in [-0.39, 0.29) is 0 Å². The molecule has 0 bridgehead atoms. The smallest absolute Gasteiger partial charge is 0.0256 e. The largest absolute Gasteiger partial charge is 0.299 e. The zero-order valence-electron chi connectivity index (χ0n) is 9.55. The van der Waals surface area contributed by atoms with Crippen molar-refractivity contribution in [2.24, 2.45) is 5.92 Å². The first-order valence-electron chi connectivity index (χ1n) is 5.82. The van der Waals surface area contributed by atoms with Crippen LogP contribution in [-0.2, 0) is 6.54 Å².